The lowest BCUT2D eigenvalue weighted by Crippen LogP contribution is -2.54. The van der Waals surface area contributed by atoms with Gasteiger partial charge in [-0.1, -0.05) is 116 Å². The molecule has 0 radical (unpaired) electrons. The first-order valence-electron chi connectivity index (χ1n) is 28.5. The van der Waals surface area contributed by atoms with Crippen LogP contribution in [0, 0.1) is 64.1 Å². The van der Waals surface area contributed by atoms with Crippen LogP contribution in [-0.2, 0) is 23.1 Å². The minimum absolute atomic E-state index is 0.0277. The number of nitrogens with zero attached hydrogens (tertiary/aromatic N) is 1. The second kappa shape index (κ2) is 29.2. The van der Waals surface area contributed by atoms with Gasteiger partial charge in [0, 0.05) is 13.2 Å². The molecule has 0 heterocycles. The average molecular weight is 939 g/mol. The van der Waals surface area contributed by atoms with Gasteiger partial charge >= 0.3 is 14.5 Å². The third-order valence-electron chi connectivity index (χ3n) is 17.7. The molecule has 6 nitrogen and oxygen atoms in total. The van der Waals surface area contributed by atoms with Gasteiger partial charge in [-0.2, -0.15) is 0 Å². The lowest BCUT2D eigenvalue weighted by atomic mass is 9.44. The third kappa shape index (κ3) is 18.5. The van der Waals surface area contributed by atoms with Crippen LogP contribution >= 0.6 is 0 Å². The smallest absolute Gasteiger partial charge is 0.333 e. The predicted molar refractivity (Wildman–Crippen MR) is 281 cm³/mol. The molecule has 0 amide bonds. The first-order chi connectivity index (χ1) is 31.5. The SMILES string of the molecule is C#CCN(C)CCCCCCO[Si](C)(C)OC(CC[C@@H](C)C1CCC2C3CCC4C[C@H](OC(=O)C(C)(C)C)CC[C@]4(C)C3CC[C@@]21C)OCCCCCCCC/C=C\CCCCCCCC. The molecule has 0 aromatic heterocycles. The van der Waals surface area contributed by atoms with Gasteiger partial charge in [-0.05, 0) is 209 Å². The molecule has 0 spiro atoms. The number of carbonyl (C=O) groups excluding carboxylic acids is 1. The van der Waals surface area contributed by atoms with Gasteiger partial charge in [0.25, 0.3) is 0 Å². The summed E-state index contributed by atoms with van der Waals surface area (Å²) in [7, 11) is -0.263. The molecule has 0 aromatic carbocycles. The van der Waals surface area contributed by atoms with Crippen molar-refractivity contribution in [2.24, 2.45) is 51.8 Å². The highest BCUT2D eigenvalue weighted by atomic mass is 28.4. The van der Waals surface area contributed by atoms with Crippen LogP contribution in [0.4, 0.5) is 0 Å². The summed E-state index contributed by atoms with van der Waals surface area (Å²) in [5, 5.41) is 0. The van der Waals surface area contributed by atoms with Crippen molar-refractivity contribution in [3.63, 3.8) is 0 Å². The van der Waals surface area contributed by atoms with Crippen molar-refractivity contribution >= 4 is 14.5 Å². The number of rotatable bonds is 33. The number of unbranched alkanes of at least 4 members (excludes halogenated alkanes) is 15. The fraction of sp³-hybridized carbons (Fsp3) is 0.915. The highest BCUT2D eigenvalue weighted by Crippen LogP contribution is 2.68. The van der Waals surface area contributed by atoms with Crippen LogP contribution in [0.1, 0.15) is 235 Å². The number of carbonyl (C=O) groups is 1. The van der Waals surface area contributed by atoms with E-state index in [9.17, 15) is 4.79 Å². The number of terminal acetylenes is 1. The van der Waals surface area contributed by atoms with Crippen molar-refractivity contribution in [2.75, 3.05) is 33.4 Å². The molecular weight excluding hydrogens is 831 g/mol. The summed E-state index contributed by atoms with van der Waals surface area (Å²) in [5.41, 5.74) is 0.390. The highest BCUT2D eigenvalue weighted by Gasteiger charge is 2.61. The standard InChI is InChI=1S/C59H107NO5Si/c1-12-14-15-16-17-18-19-20-21-22-23-24-25-26-28-31-45-62-55(65-66(10,11)63-46-32-29-27-30-44-60(9)43-13-2)38-33-48(3)52-36-37-53-51-35-34-49-47-50(64-56(61)57(4,5)6)39-41-58(49,7)54(51)40-42-59(52,53)8/h2,20-21,48-55H,12,14-19,22-47H2,1,3-11H3/b21-20-/t48-,49?,50-,51?,52?,53?,54?,55?,58+,59-/m1/s1. The van der Waals surface area contributed by atoms with Crippen LogP contribution in [0.15, 0.2) is 12.2 Å². The highest BCUT2D eigenvalue weighted by molar-refractivity contribution is 6.64. The number of fused-ring (bicyclic) bond motifs is 5. The Hall–Kier alpha value is -1.17. The van der Waals surface area contributed by atoms with E-state index in [1.165, 1.54) is 148 Å². The second-order valence-corrected chi connectivity index (χ2v) is 27.8. The third-order valence-corrected chi connectivity index (χ3v) is 19.5. The van der Waals surface area contributed by atoms with Crippen LogP contribution in [0.3, 0.4) is 0 Å². The molecule has 4 aliphatic rings. The zero-order chi connectivity index (χ0) is 48.1. The summed E-state index contributed by atoms with van der Waals surface area (Å²) >= 11 is 0. The van der Waals surface area contributed by atoms with E-state index < -0.39 is 14.0 Å². The fourth-order valence-electron chi connectivity index (χ4n) is 13.7. The number of hydrogen-bond donors (Lipinski definition) is 0. The maximum Gasteiger partial charge on any atom is 0.333 e. The first-order valence-corrected chi connectivity index (χ1v) is 31.3. The fourth-order valence-corrected chi connectivity index (χ4v) is 15.2. The quantitative estimate of drug-likeness (QED) is 0.0163. The van der Waals surface area contributed by atoms with Gasteiger partial charge in [-0.25, -0.2) is 0 Å². The van der Waals surface area contributed by atoms with Crippen molar-refractivity contribution in [3.8, 4) is 12.3 Å². The van der Waals surface area contributed by atoms with Crippen LogP contribution in [-0.4, -0.2) is 65.2 Å². The summed E-state index contributed by atoms with van der Waals surface area (Å²) in [5.74, 6) is 7.35. The second-order valence-electron chi connectivity index (χ2n) is 24.5. The van der Waals surface area contributed by atoms with Crippen molar-refractivity contribution < 1.29 is 23.1 Å². The van der Waals surface area contributed by atoms with E-state index in [4.69, 9.17) is 24.7 Å². The number of hydrogen-bond acceptors (Lipinski definition) is 6. The Bertz CT molecular complexity index is 1420. The Balaban J connectivity index is 1.23. The van der Waals surface area contributed by atoms with E-state index in [2.05, 4.69) is 70.8 Å². The zero-order valence-electron chi connectivity index (χ0n) is 45.2. The van der Waals surface area contributed by atoms with Crippen molar-refractivity contribution in [1.82, 2.24) is 4.90 Å². The Morgan fingerprint density at radius 3 is 2.05 bits per heavy atom. The van der Waals surface area contributed by atoms with E-state index in [1.807, 2.05) is 20.8 Å². The van der Waals surface area contributed by atoms with E-state index in [0.717, 1.165) is 88.5 Å². The Labute approximate surface area is 410 Å². The molecule has 66 heavy (non-hydrogen) atoms. The Morgan fingerprint density at radius 1 is 0.773 bits per heavy atom. The molecule has 0 N–H and O–H groups in total. The van der Waals surface area contributed by atoms with Crippen LogP contribution in [0.5, 0.6) is 0 Å². The molecule has 4 aliphatic carbocycles. The van der Waals surface area contributed by atoms with Gasteiger partial charge in [0.05, 0.1) is 12.0 Å². The minimum atomic E-state index is -2.37. The topological polar surface area (TPSA) is 57.2 Å². The van der Waals surface area contributed by atoms with Crippen molar-refractivity contribution in [1.29, 1.82) is 0 Å². The molecule has 4 fully saturated rings. The lowest BCUT2D eigenvalue weighted by molar-refractivity contribution is -0.170. The van der Waals surface area contributed by atoms with E-state index in [-0.39, 0.29) is 18.4 Å². The molecule has 0 aliphatic heterocycles. The Morgan fingerprint density at radius 2 is 1.38 bits per heavy atom. The number of ether oxygens (including phenoxy) is 2. The molecule has 10 atom stereocenters. The first kappa shape index (κ1) is 57.4. The molecule has 382 valence electrons. The molecule has 4 rings (SSSR count). The molecular formula is C59H107NO5Si. The molecule has 0 saturated heterocycles. The van der Waals surface area contributed by atoms with E-state index in [0.29, 0.717) is 22.7 Å². The summed E-state index contributed by atoms with van der Waals surface area (Å²) in [4.78, 5) is 15.0. The van der Waals surface area contributed by atoms with Gasteiger partial charge < -0.3 is 18.3 Å². The van der Waals surface area contributed by atoms with Crippen LogP contribution in [0.25, 0.3) is 0 Å². The van der Waals surface area contributed by atoms with E-state index >= 15 is 0 Å². The van der Waals surface area contributed by atoms with Crippen LogP contribution < -0.4 is 0 Å². The normalized spacial score (nSPS) is 28.8. The van der Waals surface area contributed by atoms with Crippen LogP contribution in [0.2, 0.25) is 13.1 Å². The summed E-state index contributed by atoms with van der Waals surface area (Å²) in [6, 6.07) is 0. The van der Waals surface area contributed by atoms with Gasteiger partial charge in [0.15, 0.2) is 0 Å². The summed E-state index contributed by atoms with van der Waals surface area (Å²) < 4.78 is 26.3. The molecule has 6 unspecified atom stereocenters. The lowest BCUT2D eigenvalue weighted by Gasteiger charge is -2.61. The van der Waals surface area contributed by atoms with Gasteiger partial charge in [-0.15, -0.1) is 6.42 Å². The van der Waals surface area contributed by atoms with E-state index in [1.54, 1.807) is 0 Å². The maximum atomic E-state index is 12.8. The Kier molecular flexibility index (Phi) is 25.4. The molecule has 0 bridgehead atoms. The predicted octanol–water partition coefficient (Wildman–Crippen LogP) is 16.3. The molecule has 4 saturated carbocycles. The average Bonchev–Trinajstić information content (AvgIpc) is 3.63. The monoisotopic (exact) mass is 938 g/mol. The van der Waals surface area contributed by atoms with Gasteiger partial charge in [0.2, 0.25) is 0 Å². The van der Waals surface area contributed by atoms with Gasteiger partial charge in [-0.3, -0.25) is 9.69 Å². The minimum Gasteiger partial charge on any atom is -0.462 e. The van der Waals surface area contributed by atoms with Crippen molar-refractivity contribution in [3.05, 3.63) is 12.2 Å². The zero-order valence-corrected chi connectivity index (χ0v) is 46.2. The number of esters is 1. The summed E-state index contributed by atoms with van der Waals surface area (Å²) in [6.07, 6.45) is 47.0. The maximum absolute atomic E-state index is 12.8. The van der Waals surface area contributed by atoms with Crippen molar-refractivity contribution in [2.45, 2.75) is 260 Å². The summed E-state index contributed by atoms with van der Waals surface area (Å²) in [6.45, 7) is 23.9. The molecule has 7 heteroatoms. The molecule has 0 aromatic rings. The van der Waals surface area contributed by atoms with Gasteiger partial charge in [0.1, 0.15) is 12.4 Å². The number of allylic oxidation sites excluding steroid dienone is 2. The largest absolute Gasteiger partial charge is 0.462 e.